The fourth-order valence-electron chi connectivity index (χ4n) is 5.81. The number of allylic oxidation sites excluding steroid dienone is 6. The van der Waals surface area contributed by atoms with Crippen molar-refractivity contribution in [2.24, 2.45) is 0 Å². The van der Waals surface area contributed by atoms with Gasteiger partial charge in [-0.3, -0.25) is 4.79 Å². The van der Waals surface area contributed by atoms with Crippen LogP contribution < -0.4 is 5.32 Å². The number of carbonyl (C=O) groups excluding carboxylic acids is 1. The molecule has 50 heavy (non-hydrogen) atoms. The van der Waals surface area contributed by atoms with Gasteiger partial charge in [-0.2, -0.15) is 0 Å². The first-order valence-corrected chi connectivity index (χ1v) is 19.4. The Labute approximate surface area is 301 Å². The zero-order chi connectivity index (χ0) is 37.0. The van der Waals surface area contributed by atoms with Crippen LogP contribution in [-0.2, 0) is 14.3 Å². The van der Waals surface area contributed by atoms with Crippen LogP contribution in [0, 0.1) is 0 Å². The van der Waals surface area contributed by atoms with Crippen molar-refractivity contribution in [3.8, 4) is 0 Å². The van der Waals surface area contributed by atoms with Crippen molar-refractivity contribution in [2.75, 3.05) is 13.2 Å². The minimum atomic E-state index is -1.67. The van der Waals surface area contributed by atoms with E-state index in [1.54, 1.807) is 0 Å². The van der Waals surface area contributed by atoms with Gasteiger partial charge in [-0.15, -0.1) is 0 Å². The quantitative estimate of drug-likeness (QED) is 0.0389. The molecule has 8 N–H and O–H groups in total. The summed E-state index contributed by atoms with van der Waals surface area (Å²) in [7, 11) is 0. The van der Waals surface area contributed by atoms with E-state index in [0.717, 1.165) is 70.6 Å². The summed E-state index contributed by atoms with van der Waals surface area (Å²) in [5.41, 5.74) is 0. The lowest BCUT2D eigenvalue weighted by atomic mass is 9.98. The molecule has 0 saturated carbocycles. The summed E-state index contributed by atoms with van der Waals surface area (Å²) in [5, 5.41) is 74.9. The Balaban J connectivity index is 2.52. The average molecular weight is 714 g/mol. The monoisotopic (exact) mass is 714 g/mol. The number of carbonyl (C=O) groups is 1. The summed E-state index contributed by atoms with van der Waals surface area (Å²) in [5.74, 6) is -0.722. The first kappa shape index (κ1) is 46.4. The van der Waals surface area contributed by atoms with E-state index in [9.17, 15) is 40.5 Å². The average Bonchev–Trinajstić information content (AvgIpc) is 3.11. The van der Waals surface area contributed by atoms with Crippen molar-refractivity contribution in [1.29, 1.82) is 0 Å². The van der Waals surface area contributed by atoms with Crippen molar-refractivity contribution in [3.05, 3.63) is 36.5 Å². The fraction of sp³-hybridized carbons (Fsp3) is 0.821. The molecule has 0 aromatic carbocycles. The maximum Gasteiger partial charge on any atom is 0.249 e. The Morgan fingerprint density at radius 1 is 0.700 bits per heavy atom. The zero-order valence-electron chi connectivity index (χ0n) is 30.9. The van der Waals surface area contributed by atoms with Gasteiger partial charge >= 0.3 is 0 Å². The lowest BCUT2D eigenvalue weighted by molar-refractivity contribution is -0.303. The number of hydrogen-bond donors (Lipinski definition) is 8. The number of aliphatic hydroxyl groups is 7. The predicted octanol–water partition coefficient (Wildman–Crippen LogP) is 4.49. The van der Waals surface area contributed by atoms with E-state index in [1.807, 2.05) is 6.08 Å². The smallest absolute Gasteiger partial charge is 0.249 e. The highest BCUT2D eigenvalue weighted by Crippen LogP contribution is 2.23. The molecule has 0 spiro atoms. The maximum atomic E-state index is 13.0. The summed E-state index contributed by atoms with van der Waals surface area (Å²) in [6.07, 6.45) is 19.5. The standard InChI is InChI=1S/C39H71NO10/c1-3-5-7-9-11-12-13-14-15-16-17-18-19-21-23-25-27-32(43)38(48)40-30(34(44)31(42)26-24-22-20-10-8-6-4-2)29-49-39-37(47)36(46)35(45)33(28-41)50-39/h10-12,14-15,20,30-37,39,41-47H,3-9,13,16-19,21-29H2,1-2H3,(H,40,48)/b12-11-,15-14-,20-10+. The predicted molar refractivity (Wildman–Crippen MR) is 196 cm³/mol. The number of amides is 1. The number of nitrogens with one attached hydrogen (secondary N) is 1. The Bertz CT molecular complexity index is 913. The Morgan fingerprint density at radius 3 is 1.90 bits per heavy atom. The fourth-order valence-corrected chi connectivity index (χ4v) is 5.81. The second-order valence-corrected chi connectivity index (χ2v) is 13.6. The maximum absolute atomic E-state index is 13.0. The molecular weight excluding hydrogens is 642 g/mol. The SMILES string of the molecule is CCCC/C=C/CCCC(O)C(O)C(COC1OC(CO)C(O)C(O)C1O)NC(=O)C(O)CCCCCCCC/C=C\C/C=C\CCCCC. The van der Waals surface area contributed by atoms with E-state index in [4.69, 9.17) is 9.47 Å². The largest absolute Gasteiger partial charge is 0.394 e. The van der Waals surface area contributed by atoms with Crippen molar-refractivity contribution in [3.63, 3.8) is 0 Å². The van der Waals surface area contributed by atoms with Crippen LogP contribution in [0.15, 0.2) is 36.5 Å². The number of ether oxygens (including phenoxy) is 2. The molecule has 9 unspecified atom stereocenters. The topological polar surface area (TPSA) is 189 Å². The first-order chi connectivity index (χ1) is 24.2. The van der Waals surface area contributed by atoms with Gasteiger partial charge in [0.05, 0.1) is 25.4 Å². The second-order valence-electron chi connectivity index (χ2n) is 13.6. The number of unbranched alkanes of at least 4 members (excludes halogenated alkanes) is 12. The molecule has 292 valence electrons. The molecule has 0 aromatic heterocycles. The van der Waals surface area contributed by atoms with Crippen LogP contribution in [0.25, 0.3) is 0 Å². The number of hydrogen-bond acceptors (Lipinski definition) is 10. The van der Waals surface area contributed by atoms with Crippen LogP contribution in [-0.4, -0.2) is 110 Å². The highest BCUT2D eigenvalue weighted by molar-refractivity contribution is 5.80. The van der Waals surface area contributed by atoms with Gasteiger partial charge in [-0.1, -0.05) is 108 Å². The molecule has 0 radical (unpaired) electrons. The minimum Gasteiger partial charge on any atom is -0.394 e. The molecule has 1 fully saturated rings. The molecular formula is C39H71NO10. The molecule has 1 amide bonds. The van der Waals surface area contributed by atoms with E-state index in [-0.39, 0.29) is 12.8 Å². The van der Waals surface area contributed by atoms with Crippen LogP contribution in [0.1, 0.15) is 136 Å². The first-order valence-electron chi connectivity index (χ1n) is 19.4. The molecule has 1 aliphatic rings. The summed E-state index contributed by atoms with van der Waals surface area (Å²) < 4.78 is 11.0. The highest BCUT2D eigenvalue weighted by Gasteiger charge is 2.44. The molecule has 1 aliphatic heterocycles. The second kappa shape index (κ2) is 29.9. The lowest BCUT2D eigenvalue weighted by Crippen LogP contribution is -2.60. The summed E-state index contributed by atoms with van der Waals surface area (Å²) >= 11 is 0. The van der Waals surface area contributed by atoms with Crippen molar-refractivity contribution in [2.45, 2.75) is 191 Å². The van der Waals surface area contributed by atoms with Gasteiger partial charge in [0.2, 0.25) is 5.91 Å². The Kier molecular flexibility index (Phi) is 27.7. The van der Waals surface area contributed by atoms with E-state index < -0.39 is 74.2 Å². The highest BCUT2D eigenvalue weighted by atomic mass is 16.7. The van der Waals surface area contributed by atoms with Crippen LogP contribution in [0.5, 0.6) is 0 Å². The summed E-state index contributed by atoms with van der Waals surface area (Å²) in [6.45, 7) is 3.26. The third-order valence-electron chi connectivity index (χ3n) is 9.17. The Hall–Kier alpha value is -1.67. The Morgan fingerprint density at radius 2 is 1.26 bits per heavy atom. The van der Waals surface area contributed by atoms with Crippen LogP contribution in [0.3, 0.4) is 0 Å². The molecule has 9 atom stereocenters. The van der Waals surface area contributed by atoms with E-state index in [0.29, 0.717) is 12.8 Å². The van der Waals surface area contributed by atoms with Gasteiger partial charge in [-0.25, -0.2) is 0 Å². The minimum absolute atomic E-state index is 0.240. The van der Waals surface area contributed by atoms with Crippen LogP contribution >= 0.6 is 0 Å². The normalized spacial score (nSPS) is 23.9. The van der Waals surface area contributed by atoms with Crippen molar-refractivity contribution in [1.82, 2.24) is 5.32 Å². The third-order valence-corrected chi connectivity index (χ3v) is 9.17. The molecule has 1 saturated heterocycles. The summed E-state index contributed by atoms with van der Waals surface area (Å²) in [4.78, 5) is 13.0. The molecule has 11 nitrogen and oxygen atoms in total. The van der Waals surface area contributed by atoms with Crippen molar-refractivity contribution >= 4 is 5.91 Å². The van der Waals surface area contributed by atoms with Gasteiger partial charge in [0, 0.05) is 0 Å². The van der Waals surface area contributed by atoms with Gasteiger partial charge in [0.15, 0.2) is 6.29 Å². The van der Waals surface area contributed by atoms with Gasteiger partial charge in [-0.05, 0) is 64.2 Å². The van der Waals surface area contributed by atoms with Gasteiger partial charge in [0.1, 0.15) is 36.6 Å². The van der Waals surface area contributed by atoms with Crippen LogP contribution in [0.4, 0.5) is 0 Å². The van der Waals surface area contributed by atoms with Gasteiger partial charge in [0.25, 0.3) is 0 Å². The molecule has 0 aromatic rings. The molecule has 1 heterocycles. The van der Waals surface area contributed by atoms with Crippen LogP contribution in [0.2, 0.25) is 0 Å². The molecule has 0 aliphatic carbocycles. The summed E-state index contributed by atoms with van der Waals surface area (Å²) in [6, 6.07) is -1.18. The number of rotatable bonds is 30. The number of aliphatic hydroxyl groups excluding tert-OH is 7. The third kappa shape index (κ3) is 20.4. The van der Waals surface area contributed by atoms with E-state index in [1.165, 1.54) is 25.7 Å². The molecule has 11 heteroatoms. The zero-order valence-corrected chi connectivity index (χ0v) is 30.9. The van der Waals surface area contributed by atoms with E-state index in [2.05, 4.69) is 49.5 Å². The van der Waals surface area contributed by atoms with Gasteiger partial charge < -0.3 is 50.5 Å². The van der Waals surface area contributed by atoms with E-state index >= 15 is 0 Å². The van der Waals surface area contributed by atoms with Crippen molar-refractivity contribution < 1.29 is 50.0 Å². The molecule has 0 bridgehead atoms. The molecule has 1 rings (SSSR count). The lowest BCUT2D eigenvalue weighted by Gasteiger charge is -2.40.